The molecule has 1 aliphatic heterocycles. The van der Waals surface area contributed by atoms with Crippen molar-refractivity contribution in [2.24, 2.45) is 11.7 Å². The molecule has 144 valence electrons. The minimum Gasteiger partial charge on any atom is -0.349 e. The highest BCUT2D eigenvalue weighted by Crippen LogP contribution is 2.21. The number of aromatic nitrogens is 1. The summed E-state index contributed by atoms with van der Waals surface area (Å²) >= 11 is 0. The van der Waals surface area contributed by atoms with Gasteiger partial charge in [-0.1, -0.05) is 18.2 Å². The van der Waals surface area contributed by atoms with Gasteiger partial charge in [-0.3, -0.25) is 14.4 Å². The van der Waals surface area contributed by atoms with Crippen molar-refractivity contribution in [3.05, 3.63) is 46.2 Å². The Morgan fingerprint density at radius 3 is 2.56 bits per heavy atom. The number of carbonyl (C=O) groups is 2. The van der Waals surface area contributed by atoms with Gasteiger partial charge in [0.1, 0.15) is 5.56 Å². The van der Waals surface area contributed by atoms with Crippen LogP contribution in [0.5, 0.6) is 0 Å². The van der Waals surface area contributed by atoms with Crippen LogP contribution in [0, 0.1) is 5.92 Å². The zero-order valence-corrected chi connectivity index (χ0v) is 15.7. The van der Waals surface area contributed by atoms with E-state index in [1.807, 2.05) is 25.1 Å². The summed E-state index contributed by atoms with van der Waals surface area (Å²) < 4.78 is 0. The van der Waals surface area contributed by atoms with Crippen molar-refractivity contribution in [1.29, 1.82) is 0 Å². The number of amides is 2. The highest BCUT2D eigenvalue weighted by molar-refractivity contribution is 5.97. The van der Waals surface area contributed by atoms with E-state index < -0.39 is 11.6 Å². The van der Waals surface area contributed by atoms with E-state index >= 15 is 0 Å². The first-order chi connectivity index (χ1) is 12.9. The number of likely N-dealkylation sites (tertiary alicyclic amines) is 1. The molecule has 1 aromatic heterocycles. The lowest BCUT2D eigenvalue weighted by molar-refractivity contribution is -0.133. The Labute approximate surface area is 157 Å². The number of nitrogens with one attached hydrogen (secondary N) is 2. The lowest BCUT2D eigenvalue weighted by Gasteiger charge is -2.35. The van der Waals surface area contributed by atoms with Crippen molar-refractivity contribution < 1.29 is 9.59 Å². The molecule has 1 saturated heterocycles. The Morgan fingerprint density at radius 1 is 1.22 bits per heavy atom. The van der Waals surface area contributed by atoms with Gasteiger partial charge in [-0.25, -0.2) is 0 Å². The molecule has 1 unspecified atom stereocenters. The van der Waals surface area contributed by atoms with Crippen molar-refractivity contribution in [3.63, 3.8) is 0 Å². The van der Waals surface area contributed by atoms with E-state index in [0.29, 0.717) is 18.6 Å². The van der Waals surface area contributed by atoms with Crippen molar-refractivity contribution >= 4 is 22.7 Å². The maximum absolute atomic E-state index is 12.6. The summed E-state index contributed by atoms with van der Waals surface area (Å²) in [6.07, 6.45) is 1.60. The molecule has 27 heavy (non-hydrogen) atoms. The van der Waals surface area contributed by atoms with Gasteiger partial charge in [0.15, 0.2) is 0 Å². The highest BCUT2D eigenvalue weighted by Gasteiger charge is 2.28. The Morgan fingerprint density at radius 2 is 1.89 bits per heavy atom. The van der Waals surface area contributed by atoms with Gasteiger partial charge in [0.05, 0.1) is 6.04 Å². The fraction of sp³-hybridized carbons (Fsp3) is 0.450. The zero-order valence-electron chi connectivity index (χ0n) is 15.7. The second kappa shape index (κ2) is 7.92. The summed E-state index contributed by atoms with van der Waals surface area (Å²) in [7, 11) is 0. The predicted molar refractivity (Wildman–Crippen MR) is 104 cm³/mol. The minimum atomic E-state index is -0.488. The van der Waals surface area contributed by atoms with Gasteiger partial charge in [-0.2, -0.15) is 0 Å². The number of nitrogens with zero attached hydrogens (tertiary/aromatic N) is 1. The predicted octanol–water partition coefficient (Wildman–Crippen LogP) is 1.23. The lowest BCUT2D eigenvalue weighted by Crippen LogP contribution is -2.49. The van der Waals surface area contributed by atoms with E-state index in [9.17, 15) is 14.4 Å². The van der Waals surface area contributed by atoms with E-state index in [4.69, 9.17) is 5.73 Å². The van der Waals surface area contributed by atoms with E-state index in [2.05, 4.69) is 10.3 Å². The third kappa shape index (κ3) is 4.19. The number of rotatable bonds is 4. The topological polar surface area (TPSA) is 108 Å². The van der Waals surface area contributed by atoms with Gasteiger partial charge < -0.3 is 20.9 Å². The van der Waals surface area contributed by atoms with E-state index in [1.54, 1.807) is 24.0 Å². The number of para-hydroxylation sites is 1. The summed E-state index contributed by atoms with van der Waals surface area (Å²) in [5, 5.41) is 3.77. The van der Waals surface area contributed by atoms with Gasteiger partial charge >= 0.3 is 0 Å². The lowest BCUT2D eigenvalue weighted by atomic mass is 9.90. The Bertz CT molecular complexity index is 897. The quantitative estimate of drug-likeness (QED) is 0.752. The smallest absolute Gasteiger partial charge is 0.261 e. The van der Waals surface area contributed by atoms with Gasteiger partial charge in [0.25, 0.3) is 11.5 Å². The number of piperidine rings is 1. The molecule has 2 aromatic rings. The third-order valence-electron chi connectivity index (χ3n) is 5.30. The van der Waals surface area contributed by atoms with Crippen LogP contribution in [0.1, 0.15) is 37.0 Å². The number of hydrogen-bond acceptors (Lipinski definition) is 4. The summed E-state index contributed by atoms with van der Waals surface area (Å²) in [6, 6.07) is 8.41. The van der Waals surface area contributed by atoms with Gasteiger partial charge in [-0.05, 0) is 50.1 Å². The van der Waals surface area contributed by atoms with Crippen molar-refractivity contribution in [1.82, 2.24) is 15.2 Å². The summed E-state index contributed by atoms with van der Waals surface area (Å²) in [6.45, 7) is 4.92. The molecule has 1 aromatic carbocycles. The molecule has 0 aliphatic carbocycles. The molecule has 1 aliphatic rings. The first-order valence-corrected chi connectivity index (χ1v) is 9.34. The Balaban J connectivity index is 1.64. The number of hydrogen-bond donors (Lipinski definition) is 3. The summed E-state index contributed by atoms with van der Waals surface area (Å²) in [4.78, 5) is 41.4. The largest absolute Gasteiger partial charge is 0.349 e. The molecule has 7 heteroatoms. The summed E-state index contributed by atoms with van der Waals surface area (Å²) in [5.41, 5.74) is 6.09. The van der Waals surface area contributed by atoms with Crippen molar-refractivity contribution in [3.8, 4) is 0 Å². The molecular formula is C20H26N4O3. The highest BCUT2D eigenvalue weighted by atomic mass is 16.2. The molecule has 4 N–H and O–H groups in total. The van der Waals surface area contributed by atoms with Crippen LogP contribution >= 0.6 is 0 Å². The fourth-order valence-corrected chi connectivity index (χ4v) is 3.63. The Hall–Kier alpha value is -2.67. The SMILES string of the molecule is CC(NC(=O)c1cc2ccccc2[nH]c1=O)C1CCN(C(=O)[C@H](C)N)CC1. The standard InChI is InChI=1S/C20H26N4O3/c1-12(21)20(27)24-9-7-14(8-10-24)13(2)22-18(25)16-11-15-5-3-4-6-17(15)23-19(16)26/h3-6,11-14H,7-10,21H2,1-2H3,(H,22,25)(H,23,26)/t12-,13?/m0/s1. The van der Waals surface area contributed by atoms with Crippen LogP contribution in [-0.4, -0.2) is 46.9 Å². The average molecular weight is 370 g/mol. The maximum atomic E-state index is 12.6. The molecule has 2 heterocycles. The number of aromatic amines is 1. The van der Waals surface area contributed by atoms with Gasteiger partial charge in [0.2, 0.25) is 5.91 Å². The zero-order chi connectivity index (χ0) is 19.6. The second-order valence-corrected chi connectivity index (χ2v) is 7.31. The first kappa shape index (κ1) is 19.1. The van der Waals surface area contributed by atoms with Crippen LogP contribution in [0.4, 0.5) is 0 Å². The van der Waals surface area contributed by atoms with Crippen LogP contribution < -0.4 is 16.6 Å². The molecule has 0 bridgehead atoms. The van der Waals surface area contributed by atoms with Crippen molar-refractivity contribution in [2.75, 3.05) is 13.1 Å². The molecule has 0 radical (unpaired) electrons. The number of nitrogens with two attached hydrogens (primary N) is 1. The van der Waals surface area contributed by atoms with Crippen molar-refractivity contribution in [2.45, 2.75) is 38.8 Å². The van der Waals surface area contributed by atoms with Crippen LogP contribution in [-0.2, 0) is 4.79 Å². The maximum Gasteiger partial charge on any atom is 0.261 e. The van der Waals surface area contributed by atoms with Crippen LogP contribution in [0.2, 0.25) is 0 Å². The van der Waals surface area contributed by atoms with E-state index in [-0.39, 0.29) is 29.3 Å². The van der Waals surface area contributed by atoms with Crippen LogP contribution in [0.25, 0.3) is 10.9 Å². The second-order valence-electron chi connectivity index (χ2n) is 7.31. The minimum absolute atomic E-state index is 0.0344. The monoisotopic (exact) mass is 370 g/mol. The normalized spacial score (nSPS) is 17.5. The van der Waals surface area contributed by atoms with E-state index in [0.717, 1.165) is 18.2 Å². The third-order valence-corrected chi connectivity index (χ3v) is 5.30. The average Bonchev–Trinajstić information content (AvgIpc) is 2.66. The molecular weight excluding hydrogens is 344 g/mol. The number of benzene rings is 1. The number of pyridine rings is 1. The number of H-pyrrole nitrogens is 1. The Kier molecular flexibility index (Phi) is 5.60. The van der Waals surface area contributed by atoms with Crippen LogP contribution in [0.15, 0.2) is 35.1 Å². The molecule has 3 rings (SSSR count). The molecule has 0 saturated carbocycles. The summed E-state index contributed by atoms with van der Waals surface area (Å²) in [5.74, 6) is -0.151. The number of carbonyl (C=O) groups excluding carboxylic acids is 2. The van der Waals surface area contributed by atoms with Gasteiger partial charge in [0, 0.05) is 24.6 Å². The fourth-order valence-electron chi connectivity index (χ4n) is 3.63. The van der Waals surface area contributed by atoms with Gasteiger partial charge in [-0.15, -0.1) is 0 Å². The molecule has 7 nitrogen and oxygen atoms in total. The number of fused-ring (bicyclic) bond motifs is 1. The molecule has 2 atom stereocenters. The molecule has 1 fully saturated rings. The molecule has 2 amide bonds. The first-order valence-electron chi connectivity index (χ1n) is 9.34. The van der Waals surface area contributed by atoms with E-state index in [1.165, 1.54) is 0 Å². The van der Waals surface area contributed by atoms with Crippen LogP contribution in [0.3, 0.4) is 0 Å². The molecule has 0 spiro atoms.